The van der Waals surface area contributed by atoms with Gasteiger partial charge in [-0.15, -0.1) is 11.6 Å². The Bertz CT molecular complexity index is 608. The Morgan fingerprint density at radius 2 is 2.15 bits per heavy atom. The molecule has 0 amide bonds. The largest absolute Gasteiger partial charge is 0.309 e. The van der Waals surface area contributed by atoms with Crippen molar-refractivity contribution in [2.45, 2.75) is 45.1 Å². The first-order valence-corrected chi connectivity index (χ1v) is 8.20. The highest BCUT2D eigenvalue weighted by atomic mass is 35.5. The van der Waals surface area contributed by atoms with E-state index in [4.69, 9.17) is 28.2 Å². The normalized spacial score (nSPS) is 23.4. The van der Waals surface area contributed by atoms with Gasteiger partial charge in [0.1, 0.15) is 11.3 Å². The lowest BCUT2D eigenvalue weighted by Gasteiger charge is -2.31. The second-order valence-electron chi connectivity index (χ2n) is 5.66. The molecule has 3 nitrogen and oxygen atoms in total. The van der Waals surface area contributed by atoms with Crippen molar-refractivity contribution in [1.82, 2.24) is 14.5 Å². The van der Waals surface area contributed by atoms with Crippen molar-refractivity contribution in [3.05, 3.63) is 23.1 Å². The molecule has 3 rings (SSSR count). The summed E-state index contributed by atoms with van der Waals surface area (Å²) in [5, 5.41) is 0.635. The first-order valence-electron chi connectivity index (χ1n) is 7.29. The predicted molar refractivity (Wildman–Crippen MR) is 83.6 cm³/mol. The maximum atomic E-state index is 6.03. The third-order valence-electron chi connectivity index (χ3n) is 4.29. The molecule has 0 radical (unpaired) electrons. The predicted octanol–water partition coefficient (Wildman–Crippen LogP) is 4.62. The van der Waals surface area contributed by atoms with Crippen LogP contribution in [0.3, 0.4) is 0 Å². The standard InChI is InChI=1S/C15H19Cl2N3/c1-10-4-2-3-5-13(10)20-14(6-7-16)19-12-8-11(17)9-18-15(12)20/h8-10,13H,2-7H2,1H3. The van der Waals surface area contributed by atoms with E-state index in [1.807, 2.05) is 6.07 Å². The number of aromatic nitrogens is 3. The van der Waals surface area contributed by atoms with Gasteiger partial charge in [0, 0.05) is 24.5 Å². The Morgan fingerprint density at radius 1 is 1.35 bits per heavy atom. The summed E-state index contributed by atoms with van der Waals surface area (Å²) in [6.45, 7) is 2.33. The molecule has 20 heavy (non-hydrogen) atoms. The minimum atomic E-state index is 0.487. The highest BCUT2D eigenvalue weighted by Crippen LogP contribution is 2.36. The number of rotatable bonds is 3. The molecule has 2 atom stereocenters. The van der Waals surface area contributed by atoms with Gasteiger partial charge in [-0.1, -0.05) is 31.4 Å². The summed E-state index contributed by atoms with van der Waals surface area (Å²) in [6, 6.07) is 2.38. The number of hydrogen-bond donors (Lipinski definition) is 0. The lowest BCUT2D eigenvalue weighted by molar-refractivity contribution is 0.257. The summed E-state index contributed by atoms with van der Waals surface area (Å²) >= 11 is 12.0. The molecule has 0 spiro atoms. The minimum absolute atomic E-state index is 0.487. The Kier molecular flexibility index (Phi) is 4.18. The van der Waals surface area contributed by atoms with E-state index < -0.39 is 0 Å². The summed E-state index contributed by atoms with van der Waals surface area (Å²) in [4.78, 5) is 9.22. The average Bonchev–Trinajstić information content (AvgIpc) is 2.77. The molecule has 1 fully saturated rings. The van der Waals surface area contributed by atoms with Gasteiger partial charge in [0.2, 0.25) is 0 Å². The Labute approximate surface area is 129 Å². The van der Waals surface area contributed by atoms with Gasteiger partial charge in [0.05, 0.1) is 5.02 Å². The molecular weight excluding hydrogens is 293 g/mol. The van der Waals surface area contributed by atoms with E-state index in [1.165, 1.54) is 25.7 Å². The van der Waals surface area contributed by atoms with Crippen LogP contribution in [-0.4, -0.2) is 20.4 Å². The third kappa shape index (κ3) is 2.53. The zero-order valence-corrected chi connectivity index (χ0v) is 13.2. The van der Waals surface area contributed by atoms with Crippen molar-refractivity contribution < 1.29 is 0 Å². The molecule has 2 unspecified atom stereocenters. The molecule has 108 valence electrons. The van der Waals surface area contributed by atoms with Crippen molar-refractivity contribution in [2.75, 3.05) is 5.88 Å². The van der Waals surface area contributed by atoms with Crippen LogP contribution in [0.4, 0.5) is 0 Å². The molecule has 0 N–H and O–H groups in total. The number of alkyl halides is 1. The lowest BCUT2D eigenvalue weighted by Crippen LogP contribution is -2.23. The van der Waals surface area contributed by atoms with Crippen molar-refractivity contribution in [3.63, 3.8) is 0 Å². The minimum Gasteiger partial charge on any atom is -0.309 e. The zero-order valence-electron chi connectivity index (χ0n) is 11.6. The van der Waals surface area contributed by atoms with Gasteiger partial charge in [-0.2, -0.15) is 0 Å². The third-order valence-corrected chi connectivity index (χ3v) is 4.68. The number of fused-ring (bicyclic) bond motifs is 1. The molecule has 0 aromatic carbocycles. The number of aryl methyl sites for hydroxylation is 1. The van der Waals surface area contributed by atoms with E-state index in [0.717, 1.165) is 23.4 Å². The van der Waals surface area contributed by atoms with Gasteiger partial charge in [-0.3, -0.25) is 0 Å². The van der Waals surface area contributed by atoms with Crippen molar-refractivity contribution in [2.24, 2.45) is 5.92 Å². The molecule has 2 aromatic rings. The smallest absolute Gasteiger partial charge is 0.160 e. The fourth-order valence-electron chi connectivity index (χ4n) is 3.29. The fraction of sp³-hybridized carbons (Fsp3) is 0.600. The van der Waals surface area contributed by atoms with Crippen LogP contribution < -0.4 is 0 Å². The molecule has 2 aromatic heterocycles. The second kappa shape index (κ2) is 5.90. The van der Waals surface area contributed by atoms with Gasteiger partial charge in [0.15, 0.2) is 5.65 Å². The van der Waals surface area contributed by atoms with Crippen LogP contribution in [0.5, 0.6) is 0 Å². The van der Waals surface area contributed by atoms with Crippen molar-refractivity contribution >= 4 is 34.4 Å². The van der Waals surface area contributed by atoms with Crippen LogP contribution in [-0.2, 0) is 6.42 Å². The van der Waals surface area contributed by atoms with E-state index in [0.29, 0.717) is 22.9 Å². The molecule has 1 aliphatic carbocycles. The fourth-order valence-corrected chi connectivity index (χ4v) is 3.62. The summed E-state index contributed by atoms with van der Waals surface area (Å²) in [6.07, 6.45) is 7.57. The summed E-state index contributed by atoms with van der Waals surface area (Å²) in [5.41, 5.74) is 1.84. The van der Waals surface area contributed by atoms with E-state index in [9.17, 15) is 0 Å². The van der Waals surface area contributed by atoms with E-state index in [-0.39, 0.29) is 0 Å². The maximum absolute atomic E-state index is 6.03. The first-order chi connectivity index (χ1) is 9.70. The number of hydrogen-bond acceptors (Lipinski definition) is 2. The topological polar surface area (TPSA) is 30.7 Å². The molecule has 0 aliphatic heterocycles. The highest BCUT2D eigenvalue weighted by molar-refractivity contribution is 6.31. The number of halogens is 2. The molecule has 2 heterocycles. The molecule has 0 bridgehead atoms. The van der Waals surface area contributed by atoms with Crippen LogP contribution in [0.15, 0.2) is 12.3 Å². The monoisotopic (exact) mass is 311 g/mol. The molecule has 5 heteroatoms. The second-order valence-corrected chi connectivity index (χ2v) is 6.48. The summed E-state index contributed by atoms with van der Waals surface area (Å²) in [5.74, 6) is 2.29. The number of nitrogens with zero attached hydrogens (tertiary/aromatic N) is 3. The SMILES string of the molecule is CC1CCCCC1n1c(CCCl)nc2cc(Cl)cnc21. The number of pyridine rings is 1. The average molecular weight is 312 g/mol. The van der Waals surface area contributed by atoms with Gasteiger partial charge in [-0.05, 0) is 24.8 Å². The van der Waals surface area contributed by atoms with Crippen LogP contribution >= 0.6 is 23.2 Å². The maximum Gasteiger partial charge on any atom is 0.160 e. The van der Waals surface area contributed by atoms with E-state index in [2.05, 4.69) is 16.5 Å². The molecule has 0 saturated heterocycles. The highest BCUT2D eigenvalue weighted by Gasteiger charge is 2.27. The molecule has 1 aliphatic rings. The zero-order chi connectivity index (χ0) is 14.1. The van der Waals surface area contributed by atoms with Gasteiger partial charge < -0.3 is 4.57 Å². The lowest BCUT2D eigenvalue weighted by atomic mass is 9.85. The van der Waals surface area contributed by atoms with E-state index >= 15 is 0 Å². The Morgan fingerprint density at radius 3 is 2.90 bits per heavy atom. The summed E-state index contributed by atoms with van der Waals surface area (Å²) in [7, 11) is 0. The van der Waals surface area contributed by atoms with Gasteiger partial charge >= 0.3 is 0 Å². The van der Waals surface area contributed by atoms with Crippen molar-refractivity contribution in [1.29, 1.82) is 0 Å². The van der Waals surface area contributed by atoms with Crippen LogP contribution in [0.2, 0.25) is 5.02 Å². The van der Waals surface area contributed by atoms with Gasteiger partial charge in [0.25, 0.3) is 0 Å². The van der Waals surface area contributed by atoms with Crippen molar-refractivity contribution in [3.8, 4) is 0 Å². The Hall–Kier alpha value is -0.800. The quantitative estimate of drug-likeness (QED) is 0.774. The first kappa shape index (κ1) is 14.2. The molecule has 1 saturated carbocycles. The van der Waals surface area contributed by atoms with E-state index in [1.54, 1.807) is 6.20 Å². The molecular formula is C15H19Cl2N3. The Balaban J connectivity index is 2.12. The van der Waals surface area contributed by atoms with Crippen LogP contribution in [0.25, 0.3) is 11.2 Å². The van der Waals surface area contributed by atoms with Crippen LogP contribution in [0.1, 0.15) is 44.5 Å². The van der Waals surface area contributed by atoms with Crippen LogP contribution in [0, 0.1) is 5.92 Å². The number of imidazole rings is 1. The van der Waals surface area contributed by atoms with Gasteiger partial charge in [-0.25, -0.2) is 9.97 Å². The summed E-state index contributed by atoms with van der Waals surface area (Å²) < 4.78 is 2.32.